The molecule has 1 aliphatic heterocycles. The van der Waals surface area contributed by atoms with Gasteiger partial charge in [0.2, 0.25) is 0 Å². The molecule has 0 bridgehead atoms. The Balaban J connectivity index is 1.61. The molecule has 0 unspecified atom stereocenters. The van der Waals surface area contributed by atoms with Crippen LogP contribution in [0.25, 0.3) is 27.5 Å². The van der Waals surface area contributed by atoms with Crippen LogP contribution in [0.15, 0.2) is 88.7 Å². The minimum Gasteiger partial charge on any atom is -0.343 e. The highest BCUT2D eigenvalue weighted by atomic mass is 32.2. The van der Waals surface area contributed by atoms with E-state index < -0.39 is 0 Å². The second-order valence-corrected chi connectivity index (χ2v) is 9.24. The molecule has 146 valence electrons. The van der Waals surface area contributed by atoms with E-state index in [0.717, 1.165) is 0 Å². The van der Waals surface area contributed by atoms with Crippen LogP contribution in [0.4, 0.5) is 11.4 Å². The molecule has 0 atom stereocenters. The normalized spacial score (nSPS) is 13.0. The lowest BCUT2D eigenvalue weighted by Crippen LogP contribution is -2.14. The fourth-order valence-corrected chi connectivity index (χ4v) is 5.78. The van der Waals surface area contributed by atoms with Gasteiger partial charge in [0, 0.05) is 33.3 Å². The van der Waals surface area contributed by atoms with E-state index >= 15 is 0 Å². The fraction of sp³-hybridized carbons (Fsp3) is 0.111. The predicted octanol–water partition coefficient (Wildman–Crippen LogP) is 7.63. The summed E-state index contributed by atoms with van der Waals surface area (Å²) in [6.07, 6.45) is 0. The number of anilines is 2. The third-order valence-electron chi connectivity index (χ3n) is 6.09. The van der Waals surface area contributed by atoms with Crippen LogP contribution >= 0.6 is 11.8 Å². The highest BCUT2D eigenvalue weighted by Gasteiger charge is 2.21. The molecule has 0 N–H and O–H groups in total. The van der Waals surface area contributed by atoms with Crippen LogP contribution in [-0.4, -0.2) is 11.6 Å². The molecule has 1 aliphatic rings. The van der Waals surface area contributed by atoms with Crippen molar-refractivity contribution < 1.29 is 0 Å². The van der Waals surface area contributed by atoms with Gasteiger partial charge in [-0.1, -0.05) is 47.2 Å². The zero-order valence-corrected chi connectivity index (χ0v) is 18.1. The van der Waals surface area contributed by atoms with E-state index in [0.29, 0.717) is 0 Å². The van der Waals surface area contributed by atoms with E-state index in [2.05, 4.69) is 109 Å². The molecule has 3 heteroatoms. The number of aryl methyl sites for hydroxylation is 2. The Hall–Kier alpha value is -3.17. The van der Waals surface area contributed by atoms with Gasteiger partial charge in [-0.05, 0) is 68.4 Å². The maximum Gasteiger partial charge on any atom is 0.0551 e. The van der Waals surface area contributed by atoms with E-state index in [4.69, 9.17) is 0 Å². The maximum atomic E-state index is 2.41. The van der Waals surface area contributed by atoms with Crippen molar-refractivity contribution in [3.8, 4) is 5.69 Å². The average Bonchev–Trinajstić information content (AvgIpc) is 3.06. The second-order valence-electron chi connectivity index (χ2n) is 8.16. The Bertz CT molecular complexity index is 1400. The van der Waals surface area contributed by atoms with Crippen LogP contribution in [-0.2, 0) is 0 Å². The largest absolute Gasteiger partial charge is 0.343 e. The van der Waals surface area contributed by atoms with Gasteiger partial charge in [-0.3, -0.25) is 0 Å². The first-order valence-corrected chi connectivity index (χ1v) is 11.1. The predicted molar refractivity (Wildman–Crippen MR) is 129 cm³/mol. The lowest BCUT2D eigenvalue weighted by atomic mass is 10.1. The van der Waals surface area contributed by atoms with Crippen molar-refractivity contribution >= 4 is 44.9 Å². The summed E-state index contributed by atoms with van der Waals surface area (Å²) in [5, 5.41) is 2.64. The van der Waals surface area contributed by atoms with Crippen LogP contribution in [0.3, 0.4) is 0 Å². The number of hydrogen-bond donors (Lipinski definition) is 0. The monoisotopic (exact) mass is 406 g/mol. The molecular weight excluding hydrogens is 384 g/mol. The number of fused-ring (bicyclic) bond motifs is 5. The molecule has 30 heavy (non-hydrogen) atoms. The first-order chi connectivity index (χ1) is 14.6. The lowest BCUT2D eigenvalue weighted by Gasteiger charge is -2.29. The van der Waals surface area contributed by atoms with Gasteiger partial charge in [-0.25, -0.2) is 0 Å². The zero-order valence-electron chi connectivity index (χ0n) is 17.3. The second kappa shape index (κ2) is 6.41. The van der Waals surface area contributed by atoms with Crippen molar-refractivity contribution in [3.05, 3.63) is 90.0 Å². The summed E-state index contributed by atoms with van der Waals surface area (Å²) < 4.78 is 2.41. The molecule has 6 rings (SSSR count). The molecule has 0 aliphatic carbocycles. The minimum absolute atomic E-state index is 1.21. The molecule has 0 radical (unpaired) electrons. The van der Waals surface area contributed by atoms with Crippen molar-refractivity contribution in [1.82, 2.24) is 4.57 Å². The summed E-state index contributed by atoms with van der Waals surface area (Å²) in [5.41, 5.74) is 8.85. The number of para-hydroxylation sites is 1. The van der Waals surface area contributed by atoms with Gasteiger partial charge >= 0.3 is 0 Å². The van der Waals surface area contributed by atoms with Crippen molar-refractivity contribution in [3.63, 3.8) is 0 Å². The Morgan fingerprint density at radius 1 is 0.633 bits per heavy atom. The molecule has 0 amide bonds. The molecule has 2 heterocycles. The smallest absolute Gasteiger partial charge is 0.0551 e. The summed E-state index contributed by atoms with van der Waals surface area (Å²) in [5.74, 6) is 0. The van der Waals surface area contributed by atoms with Crippen LogP contribution in [0.2, 0.25) is 0 Å². The third kappa shape index (κ3) is 2.52. The number of nitrogens with zero attached hydrogens (tertiary/aromatic N) is 2. The van der Waals surface area contributed by atoms with Crippen LogP contribution < -0.4 is 4.90 Å². The number of benzene rings is 4. The van der Waals surface area contributed by atoms with Gasteiger partial charge < -0.3 is 9.47 Å². The van der Waals surface area contributed by atoms with Gasteiger partial charge in [-0.15, -0.1) is 0 Å². The van der Waals surface area contributed by atoms with Gasteiger partial charge in [0.15, 0.2) is 0 Å². The molecule has 0 fully saturated rings. The first kappa shape index (κ1) is 17.7. The van der Waals surface area contributed by atoms with E-state index in [1.807, 2.05) is 11.8 Å². The van der Waals surface area contributed by atoms with Crippen LogP contribution in [0.5, 0.6) is 0 Å². The standard InChI is InChI=1S/C27H22N2S/c1-17-8-11-22-20(14-17)21-15-18(2)9-12-23(21)29(22)19-10-13-25-27(16-19)30-26-7-5-4-6-24(26)28(25)3/h4-16H,1-3H3. The van der Waals surface area contributed by atoms with Gasteiger partial charge in [0.25, 0.3) is 0 Å². The number of aromatic nitrogens is 1. The SMILES string of the molecule is Cc1ccc2c(c1)c1cc(C)ccc1n2-c1ccc2c(c1)Sc1ccccc1N2C. The summed E-state index contributed by atoms with van der Waals surface area (Å²) in [4.78, 5) is 4.89. The van der Waals surface area contributed by atoms with E-state index in [1.54, 1.807) is 0 Å². The van der Waals surface area contributed by atoms with Crippen molar-refractivity contribution in [2.24, 2.45) is 0 Å². The Kier molecular flexibility index (Phi) is 3.78. The molecule has 5 aromatic rings. The van der Waals surface area contributed by atoms with Gasteiger partial charge in [0.05, 0.1) is 22.4 Å². The zero-order chi connectivity index (χ0) is 20.4. The van der Waals surface area contributed by atoms with Crippen molar-refractivity contribution in [2.45, 2.75) is 23.6 Å². The minimum atomic E-state index is 1.21. The van der Waals surface area contributed by atoms with Gasteiger partial charge in [-0.2, -0.15) is 0 Å². The van der Waals surface area contributed by atoms with Crippen molar-refractivity contribution in [1.29, 1.82) is 0 Å². The molecule has 0 spiro atoms. The van der Waals surface area contributed by atoms with E-state index in [-0.39, 0.29) is 0 Å². The molecule has 2 nitrogen and oxygen atoms in total. The first-order valence-electron chi connectivity index (χ1n) is 10.3. The topological polar surface area (TPSA) is 8.17 Å². The Morgan fingerprint density at radius 2 is 1.27 bits per heavy atom. The summed E-state index contributed by atoms with van der Waals surface area (Å²) >= 11 is 1.86. The molecular formula is C27H22N2S. The van der Waals surface area contributed by atoms with Crippen LogP contribution in [0, 0.1) is 13.8 Å². The van der Waals surface area contributed by atoms with Crippen LogP contribution in [0.1, 0.15) is 11.1 Å². The van der Waals surface area contributed by atoms with Crippen molar-refractivity contribution in [2.75, 3.05) is 11.9 Å². The molecule has 1 aromatic heterocycles. The highest BCUT2D eigenvalue weighted by molar-refractivity contribution is 7.99. The number of rotatable bonds is 1. The summed E-state index contributed by atoms with van der Waals surface area (Å²) in [6.45, 7) is 4.34. The third-order valence-corrected chi connectivity index (χ3v) is 7.20. The maximum absolute atomic E-state index is 2.41. The summed E-state index contributed by atoms with van der Waals surface area (Å²) in [7, 11) is 2.16. The number of hydrogen-bond acceptors (Lipinski definition) is 2. The highest BCUT2D eigenvalue weighted by Crippen LogP contribution is 2.48. The Morgan fingerprint density at radius 3 is 1.97 bits per heavy atom. The lowest BCUT2D eigenvalue weighted by molar-refractivity contribution is 1.09. The van der Waals surface area contributed by atoms with E-state index in [9.17, 15) is 0 Å². The Labute approximate surface area is 180 Å². The average molecular weight is 407 g/mol. The quantitative estimate of drug-likeness (QED) is 0.283. The fourth-order valence-electron chi connectivity index (χ4n) is 4.60. The van der Waals surface area contributed by atoms with E-state index in [1.165, 1.54) is 59.8 Å². The summed E-state index contributed by atoms with van der Waals surface area (Å²) in [6, 6.07) is 29.0. The molecule has 0 saturated heterocycles. The van der Waals surface area contributed by atoms with Gasteiger partial charge in [0.1, 0.15) is 0 Å². The molecule has 0 saturated carbocycles. The molecule has 4 aromatic carbocycles.